The summed E-state index contributed by atoms with van der Waals surface area (Å²) in [5.74, 6) is -1.63. The van der Waals surface area contributed by atoms with Crippen LogP contribution in [0.2, 0.25) is 0 Å². The van der Waals surface area contributed by atoms with Crippen LogP contribution in [0.25, 0.3) is 11.0 Å². The molecule has 0 radical (unpaired) electrons. The van der Waals surface area contributed by atoms with Crippen LogP contribution in [0.15, 0.2) is 28.7 Å². The van der Waals surface area contributed by atoms with Crippen LogP contribution in [-0.4, -0.2) is 17.8 Å². The second-order valence-corrected chi connectivity index (χ2v) is 3.83. The Balaban J connectivity index is 2.64. The number of rotatable bonds is 2. The van der Waals surface area contributed by atoms with Crippen LogP contribution >= 0.6 is 0 Å². The van der Waals surface area contributed by atoms with Crippen LogP contribution in [0.4, 0.5) is 17.6 Å². The van der Waals surface area contributed by atoms with Crippen molar-refractivity contribution >= 4 is 11.0 Å². The van der Waals surface area contributed by atoms with Gasteiger partial charge in [-0.25, -0.2) is 4.39 Å². The van der Waals surface area contributed by atoms with E-state index in [-0.39, 0.29) is 11.0 Å². The topological polar surface area (TPSA) is 59.4 Å². The van der Waals surface area contributed by atoms with Gasteiger partial charge in [0.2, 0.25) is 5.60 Å². The summed E-state index contributed by atoms with van der Waals surface area (Å²) in [4.78, 5) is 0. The minimum Gasteiger partial charge on any atom is -0.454 e. The Morgan fingerprint density at radius 3 is 2.44 bits per heavy atom. The first kappa shape index (κ1) is 12.8. The first-order valence-electron chi connectivity index (χ1n) is 4.97. The molecule has 3 nitrogen and oxygen atoms in total. The van der Waals surface area contributed by atoms with E-state index in [9.17, 15) is 22.7 Å². The number of alkyl halides is 3. The monoisotopic (exact) mass is 263 g/mol. The molecule has 3 N–H and O–H groups in total. The van der Waals surface area contributed by atoms with Crippen molar-refractivity contribution in [1.29, 1.82) is 0 Å². The molecule has 2 rings (SSSR count). The first-order chi connectivity index (χ1) is 8.29. The van der Waals surface area contributed by atoms with Crippen molar-refractivity contribution in [3.63, 3.8) is 0 Å². The van der Waals surface area contributed by atoms with Gasteiger partial charge in [-0.1, -0.05) is 12.1 Å². The normalized spacial score (nSPS) is 15.9. The maximum absolute atomic E-state index is 13.3. The second kappa shape index (κ2) is 3.96. The number of hydrogen-bond acceptors (Lipinski definition) is 3. The van der Waals surface area contributed by atoms with E-state index in [4.69, 9.17) is 10.2 Å². The lowest BCUT2D eigenvalue weighted by molar-refractivity contribution is -0.267. The SMILES string of the molecule is NCC(O)(c1cc2cccc(F)c2o1)C(F)(F)F. The van der Waals surface area contributed by atoms with Crippen LogP contribution in [0, 0.1) is 5.82 Å². The van der Waals surface area contributed by atoms with Gasteiger partial charge in [-0.15, -0.1) is 0 Å². The number of halogens is 4. The van der Waals surface area contributed by atoms with E-state index >= 15 is 0 Å². The molecule has 0 saturated carbocycles. The minimum absolute atomic E-state index is 0.126. The highest BCUT2D eigenvalue weighted by Crippen LogP contribution is 2.40. The Labute approximate surface area is 98.8 Å². The summed E-state index contributed by atoms with van der Waals surface area (Å²) in [6.45, 7) is -1.11. The molecule has 1 atom stereocenters. The van der Waals surface area contributed by atoms with Gasteiger partial charge in [-0.05, 0) is 12.1 Å². The minimum atomic E-state index is -5.01. The lowest BCUT2D eigenvalue weighted by atomic mass is 10.0. The van der Waals surface area contributed by atoms with Crippen molar-refractivity contribution in [2.24, 2.45) is 5.73 Å². The highest BCUT2D eigenvalue weighted by atomic mass is 19.4. The standard InChI is InChI=1S/C11H9F4NO2/c12-7-3-1-2-6-4-8(18-9(6)7)10(17,5-16)11(13,14)15/h1-4,17H,5,16H2. The van der Waals surface area contributed by atoms with Gasteiger partial charge in [0, 0.05) is 11.9 Å². The number of hydrogen-bond donors (Lipinski definition) is 2. The molecule has 1 aromatic carbocycles. The molecule has 7 heteroatoms. The summed E-state index contributed by atoms with van der Waals surface area (Å²) in [5, 5.41) is 9.68. The van der Waals surface area contributed by atoms with Crippen LogP contribution < -0.4 is 5.73 Å². The molecule has 98 valence electrons. The van der Waals surface area contributed by atoms with Gasteiger partial charge in [0.05, 0.1) is 0 Å². The number of fused-ring (bicyclic) bond motifs is 1. The predicted molar refractivity (Wildman–Crippen MR) is 55.2 cm³/mol. The molecule has 0 aliphatic heterocycles. The molecule has 0 fully saturated rings. The Bertz CT molecular complexity index is 578. The molecule has 0 aliphatic rings. The van der Waals surface area contributed by atoms with Crippen LogP contribution in [0.1, 0.15) is 5.76 Å². The number of aliphatic hydroxyl groups is 1. The van der Waals surface area contributed by atoms with Crippen molar-refractivity contribution < 1.29 is 27.1 Å². The summed E-state index contributed by atoms with van der Waals surface area (Å²) in [6.07, 6.45) is -5.01. The largest absolute Gasteiger partial charge is 0.454 e. The van der Waals surface area contributed by atoms with Gasteiger partial charge in [0.25, 0.3) is 0 Å². The van der Waals surface area contributed by atoms with Gasteiger partial charge < -0.3 is 15.3 Å². The second-order valence-electron chi connectivity index (χ2n) is 3.83. The Kier molecular flexibility index (Phi) is 2.83. The fraction of sp³-hybridized carbons (Fsp3) is 0.273. The quantitative estimate of drug-likeness (QED) is 0.817. The molecule has 0 bridgehead atoms. The molecule has 0 amide bonds. The fourth-order valence-corrected chi connectivity index (χ4v) is 1.59. The average molecular weight is 263 g/mol. The number of para-hydroxylation sites is 1. The summed E-state index contributed by atoms with van der Waals surface area (Å²) >= 11 is 0. The van der Waals surface area contributed by atoms with E-state index < -0.39 is 29.9 Å². The van der Waals surface area contributed by atoms with E-state index in [0.717, 1.165) is 12.1 Å². The molecule has 0 saturated heterocycles. The highest BCUT2D eigenvalue weighted by Gasteiger charge is 2.56. The first-order valence-corrected chi connectivity index (χ1v) is 4.97. The Morgan fingerprint density at radius 2 is 1.94 bits per heavy atom. The van der Waals surface area contributed by atoms with E-state index in [1.807, 2.05) is 0 Å². The van der Waals surface area contributed by atoms with Gasteiger partial charge in [-0.2, -0.15) is 13.2 Å². The van der Waals surface area contributed by atoms with E-state index in [1.165, 1.54) is 12.1 Å². The molecular weight excluding hydrogens is 254 g/mol. The lowest BCUT2D eigenvalue weighted by Crippen LogP contribution is -2.48. The Morgan fingerprint density at radius 1 is 1.28 bits per heavy atom. The van der Waals surface area contributed by atoms with Crippen molar-refractivity contribution in [1.82, 2.24) is 0 Å². The van der Waals surface area contributed by atoms with Crippen LogP contribution in [0.3, 0.4) is 0 Å². The van der Waals surface area contributed by atoms with Crippen molar-refractivity contribution in [2.75, 3.05) is 6.54 Å². The van der Waals surface area contributed by atoms with E-state index in [2.05, 4.69) is 0 Å². The summed E-state index contributed by atoms with van der Waals surface area (Å²) in [5.41, 5.74) is 1.30. The summed E-state index contributed by atoms with van der Waals surface area (Å²) in [7, 11) is 0. The van der Waals surface area contributed by atoms with Crippen molar-refractivity contribution in [3.05, 3.63) is 35.8 Å². The molecule has 18 heavy (non-hydrogen) atoms. The molecule has 1 unspecified atom stereocenters. The maximum Gasteiger partial charge on any atom is 0.425 e. The smallest absolute Gasteiger partial charge is 0.425 e. The maximum atomic E-state index is 13.3. The average Bonchev–Trinajstić information content (AvgIpc) is 2.72. The summed E-state index contributed by atoms with van der Waals surface area (Å²) < 4.78 is 56.3. The molecule has 0 spiro atoms. The van der Waals surface area contributed by atoms with Gasteiger partial charge in [-0.3, -0.25) is 0 Å². The van der Waals surface area contributed by atoms with Crippen molar-refractivity contribution in [2.45, 2.75) is 11.8 Å². The lowest BCUT2D eigenvalue weighted by Gasteiger charge is -2.26. The third kappa shape index (κ3) is 1.75. The third-order valence-electron chi connectivity index (χ3n) is 2.67. The molecule has 1 heterocycles. The molecular formula is C11H9F4NO2. The highest BCUT2D eigenvalue weighted by molar-refractivity contribution is 5.78. The number of benzene rings is 1. The van der Waals surface area contributed by atoms with Gasteiger partial charge in [0.1, 0.15) is 5.76 Å². The molecule has 0 aliphatic carbocycles. The van der Waals surface area contributed by atoms with E-state index in [0.29, 0.717) is 0 Å². The zero-order chi connectivity index (χ0) is 13.6. The fourth-order valence-electron chi connectivity index (χ4n) is 1.59. The van der Waals surface area contributed by atoms with E-state index in [1.54, 1.807) is 0 Å². The zero-order valence-electron chi connectivity index (χ0n) is 8.96. The summed E-state index contributed by atoms with van der Waals surface area (Å²) in [6, 6.07) is 4.67. The molecule has 2 aromatic rings. The molecule has 1 aromatic heterocycles. The van der Waals surface area contributed by atoms with Gasteiger partial charge >= 0.3 is 6.18 Å². The van der Waals surface area contributed by atoms with Crippen LogP contribution in [0.5, 0.6) is 0 Å². The third-order valence-corrected chi connectivity index (χ3v) is 2.67. The van der Waals surface area contributed by atoms with Crippen LogP contribution in [-0.2, 0) is 5.60 Å². The Hall–Kier alpha value is -1.60. The predicted octanol–water partition coefficient (Wildman–Crippen LogP) is 2.28. The number of nitrogens with two attached hydrogens (primary N) is 1. The van der Waals surface area contributed by atoms with Gasteiger partial charge in [0.15, 0.2) is 11.4 Å². The number of furan rings is 1. The van der Waals surface area contributed by atoms with Crippen molar-refractivity contribution in [3.8, 4) is 0 Å². The zero-order valence-corrected chi connectivity index (χ0v) is 8.96.